The van der Waals surface area contributed by atoms with Crippen LogP contribution >= 0.6 is 0 Å². The average molecular weight is 234 g/mol. The predicted octanol–water partition coefficient (Wildman–Crippen LogP) is 1.98. The van der Waals surface area contributed by atoms with Gasteiger partial charge >= 0.3 is 0 Å². The van der Waals surface area contributed by atoms with Gasteiger partial charge in [0.25, 0.3) is 0 Å². The van der Waals surface area contributed by atoms with E-state index in [0.717, 1.165) is 0 Å². The van der Waals surface area contributed by atoms with Crippen molar-refractivity contribution in [2.45, 2.75) is 38.6 Å². The van der Waals surface area contributed by atoms with Crippen molar-refractivity contribution in [2.24, 2.45) is 5.84 Å². The van der Waals surface area contributed by atoms with E-state index in [-0.39, 0.29) is 11.0 Å². The van der Waals surface area contributed by atoms with Crippen LogP contribution in [0.15, 0.2) is 18.2 Å². The summed E-state index contributed by atoms with van der Waals surface area (Å²) in [6.45, 7) is 10.1. The van der Waals surface area contributed by atoms with Crippen molar-refractivity contribution in [1.82, 2.24) is 5.43 Å². The van der Waals surface area contributed by atoms with E-state index in [1.807, 2.05) is 0 Å². The van der Waals surface area contributed by atoms with Gasteiger partial charge in [0.2, 0.25) is 0 Å². The van der Waals surface area contributed by atoms with Crippen LogP contribution in [-0.4, -0.2) is 13.2 Å². The monoisotopic (exact) mass is 234 g/mol. The third kappa shape index (κ3) is 2.10. The highest BCUT2D eigenvalue weighted by atomic mass is 16.5. The molecule has 94 valence electrons. The van der Waals surface area contributed by atoms with Gasteiger partial charge in [-0.1, -0.05) is 39.0 Å². The van der Waals surface area contributed by atoms with Crippen LogP contribution in [0, 0.1) is 6.92 Å². The van der Waals surface area contributed by atoms with Crippen molar-refractivity contribution in [1.29, 1.82) is 0 Å². The Kier molecular flexibility index (Phi) is 3.02. The summed E-state index contributed by atoms with van der Waals surface area (Å²) in [7, 11) is 0. The molecule has 0 amide bonds. The number of hydrogen-bond donors (Lipinski definition) is 2. The van der Waals surface area contributed by atoms with Gasteiger partial charge in [-0.25, -0.2) is 5.43 Å². The predicted molar refractivity (Wildman–Crippen MR) is 69.7 cm³/mol. The Morgan fingerprint density at radius 2 is 1.94 bits per heavy atom. The van der Waals surface area contributed by atoms with E-state index in [2.05, 4.69) is 51.3 Å². The minimum atomic E-state index is -0.180. The van der Waals surface area contributed by atoms with Crippen molar-refractivity contribution in [2.75, 3.05) is 13.2 Å². The third-order valence-electron chi connectivity index (χ3n) is 3.58. The van der Waals surface area contributed by atoms with Crippen molar-refractivity contribution in [3.05, 3.63) is 34.9 Å². The van der Waals surface area contributed by atoms with Crippen molar-refractivity contribution < 1.29 is 4.74 Å². The van der Waals surface area contributed by atoms with Crippen LogP contribution in [0.25, 0.3) is 0 Å². The smallest absolute Gasteiger partial charge is 0.104 e. The van der Waals surface area contributed by atoms with E-state index in [1.54, 1.807) is 0 Å². The van der Waals surface area contributed by atoms with E-state index in [0.29, 0.717) is 13.2 Å². The van der Waals surface area contributed by atoms with E-state index in [4.69, 9.17) is 10.6 Å². The summed E-state index contributed by atoms with van der Waals surface area (Å²) in [6, 6.07) is 6.63. The quantitative estimate of drug-likeness (QED) is 0.607. The Balaban J connectivity index is 2.38. The van der Waals surface area contributed by atoms with Crippen molar-refractivity contribution >= 4 is 0 Å². The number of benzene rings is 1. The third-order valence-corrected chi connectivity index (χ3v) is 3.58. The Labute approximate surface area is 103 Å². The zero-order valence-corrected chi connectivity index (χ0v) is 11.1. The first-order chi connectivity index (χ1) is 7.89. The second kappa shape index (κ2) is 4.09. The van der Waals surface area contributed by atoms with Gasteiger partial charge in [-0.15, -0.1) is 0 Å². The molecule has 1 aromatic rings. The molecule has 2 rings (SSSR count). The Hall–Kier alpha value is -0.900. The molecule has 1 aliphatic rings. The molecular formula is C14H22N2O. The molecule has 0 saturated carbocycles. The standard InChI is InChI=1S/C14H22N2O/c1-10-7-11(13(2,3)4)5-6-12(10)14(16-15)8-17-9-14/h5-7,16H,8-9,15H2,1-4H3. The molecular weight excluding hydrogens is 212 g/mol. The highest BCUT2D eigenvalue weighted by Crippen LogP contribution is 2.33. The highest BCUT2D eigenvalue weighted by molar-refractivity contribution is 5.39. The molecule has 3 heteroatoms. The van der Waals surface area contributed by atoms with Crippen LogP contribution in [0.2, 0.25) is 0 Å². The summed E-state index contributed by atoms with van der Waals surface area (Å²) in [6.07, 6.45) is 0. The fraction of sp³-hybridized carbons (Fsp3) is 0.571. The summed E-state index contributed by atoms with van der Waals surface area (Å²) in [4.78, 5) is 0. The molecule has 0 bridgehead atoms. The number of hydrogen-bond acceptors (Lipinski definition) is 3. The van der Waals surface area contributed by atoms with Crippen LogP contribution in [0.1, 0.15) is 37.5 Å². The minimum Gasteiger partial charge on any atom is -0.377 e. The second-order valence-electron chi connectivity index (χ2n) is 6.00. The average Bonchev–Trinajstić information content (AvgIpc) is 2.17. The molecule has 0 spiro atoms. The molecule has 1 saturated heterocycles. The van der Waals surface area contributed by atoms with Crippen LogP contribution in [0.4, 0.5) is 0 Å². The molecule has 17 heavy (non-hydrogen) atoms. The van der Waals surface area contributed by atoms with E-state index in [9.17, 15) is 0 Å². The molecule has 3 N–H and O–H groups in total. The molecule has 0 atom stereocenters. The zero-order chi connectivity index (χ0) is 12.7. The molecule has 0 aliphatic carbocycles. The van der Waals surface area contributed by atoms with Crippen molar-refractivity contribution in [3.63, 3.8) is 0 Å². The van der Waals surface area contributed by atoms with Gasteiger partial charge in [-0.3, -0.25) is 5.84 Å². The van der Waals surface area contributed by atoms with Crippen LogP contribution in [0.3, 0.4) is 0 Å². The summed E-state index contributed by atoms with van der Waals surface area (Å²) >= 11 is 0. The van der Waals surface area contributed by atoms with Crippen LogP contribution in [0.5, 0.6) is 0 Å². The second-order valence-corrected chi connectivity index (χ2v) is 6.00. The lowest BCUT2D eigenvalue weighted by Crippen LogP contribution is -2.60. The first-order valence-corrected chi connectivity index (χ1v) is 6.06. The lowest BCUT2D eigenvalue weighted by Gasteiger charge is -2.42. The fourth-order valence-electron chi connectivity index (χ4n) is 2.29. The maximum atomic E-state index is 5.66. The molecule has 0 aromatic heterocycles. The number of aryl methyl sites for hydroxylation is 1. The van der Waals surface area contributed by atoms with Crippen LogP contribution < -0.4 is 11.3 Å². The Morgan fingerprint density at radius 1 is 1.29 bits per heavy atom. The SMILES string of the molecule is Cc1cc(C(C)(C)C)ccc1C1(NN)COC1. The normalized spacial score (nSPS) is 18.9. The van der Waals surface area contributed by atoms with Crippen molar-refractivity contribution in [3.8, 4) is 0 Å². The van der Waals surface area contributed by atoms with E-state index < -0.39 is 0 Å². The first kappa shape index (κ1) is 12.6. The molecule has 1 fully saturated rings. The van der Waals surface area contributed by atoms with Gasteiger partial charge in [0.05, 0.1) is 13.2 Å². The lowest BCUT2D eigenvalue weighted by molar-refractivity contribution is -0.0790. The Morgan fingerprint density at radius 3 is 2.29 bits per heavy atom. The first-order valence-electron chi connectivity index (χ1n) is 6.06. The number of hydrazine groups is 1. The topological polar surface area (TPSA) is 47.3 Å². The van der Waals surface area contributed by atoms with E-state index >= 15 is 0 Å². The maximum Gasteiger partial charge on any atom is 0.104 e. The van der Waals surface area contributed by atoms with Crippen LogP contribution in [-0.2, 0) is 15.7 Å². The van der Waals surface area contributed by atoms with Gasteiger partial charge in [0.15, 0.2) is 0 Å². The Bertz CT molecular complexity index is 411. The zero-order valence-electron chi connectivity index (χ0n) is 11.1. The maximum absolute atomic E-state index is 5.66. The molecule has 0 unspecified atom stereocenters. The minimum absolute atomic E-state index is 0.180. The molecule has 0 radical (unpaired) electrons. The lowest BCUT2D eigenvalue weighted by atomic mass is 9.80. The number of nitrogens with two attached hydrogens (primary N) is 1. The van der Waals surface area contributed by atoms with E-state index in [1.165, 1.54) is 16.7 Å². The summed E-state index contributed by atoms with van der Waals surface area (Å²) < 4.78 is 5.29. The summed E-state index contributed by atoms with van der Waals surface area (Å²) in [5.41, 5.74) is 6.79. The summed E-state index contributed by atoms with van der Waals surface area (Å²) in [5, 5.41) is 0. The highest BCUT2D eigenvalue weighted by Gasteiger charge is 2.40. The number of nitrogens with one attached hydrogen (secondary N) is 1. The molecule has 1 heterocycles. The molecule has 3 nitrogen and oxygen atoms in total. The fourth-order valence-corrected chi connectivity index (χ4v) is 2.29. The van der Waals surface area contributed by atoms with Gasteiger partial charge < -0.3 is 4.74 Å². The number of ether oxygens (including phenoxy) is 1. The molecule has 1 aliphatic heterocycles. The van der Waals surface area contributed by atoms with Gasteiger partial charge in [0.1, 0.15) is 5.54 Å². The van der Waals surface area contributed by atoms with Gasteiger partial charge in [0, 0.05) is 0 Å². The number of rotatable bonds is 2. The largest absolute Gasteiger partial charge is 0.377 e. The van der Waals surface area contributed by atoms with Gasteiger partial charge in [-0.05, 0) is 29.0 Å². The van der Waals surface area contributed by atoms with Gasteiger partial charge in [-0.2, -0.15) is 0 Å². The summed E-state index contributed by atoms with van der Waals surface area (Å²) in [5.74, 6) is 5.66. The molecule has 1 aromatic carbocycles.